The van der Waals surface area contributed by atoms with E-state index in [0.717, 1.165) is 6.61 Å². The molecule has 0 aromatic carbocycles. The average molecular weight is 311 g/mol. The Labute approximate surface area is 139 Å². The number of quaternary nitrogens is 1. The van der Waals surface area contributed by atoms with Crippen molar-refractivity contribution in [2.75, 3.05) is 32.8 Å². The van der Waals surface area contributed by atoms with Crippen molar-refractivity contribution in [3.63, 3.8) is 0 Å². The van der Waals surface area contributed by atoms with Crippen LogP contribution in [0.5, 0.6) is 0 Å². The second-order valence-corrected chi connectivity index (χ2v) is 7.09. The first-order valence-electron chi connectivity index (χ1n) is 9.88. The van der Waals surface area contributed by atoms with E-state index in [2.05, 4.69) is 32.9 Å². The average Bonchev–Trinajstić information content (AvgIpc) is 3.34. The molecule has 2 heteroatoms. The SMILES string of the molecule is CC/C=C/CCCCC[N+](CCCC)(CCCC)CC1CO1. The van der Waals surface area contributed by atoms with Gasteiger partial charge in [-0.15, -0.1) is 0 Å². The van der Waals surface area contributed by atoms with Crippen molar-refractivity contribution in [2.24, 2.45) is 0 Å². The maximum Gasteiger partial charge on any atom is 0.130 e. The first kappa shape index (κ1) is 19.7. The van der Waals surface area contributed by atoms with Crippen molar-refractivity contribution in [2.45, 2.75) is 84.7 Å². The van der Waals surface area contributed by atoms with Crippen LogP contribution in [0.3, 0.4) is 0 Å². The van der Waals surface area contributed by atoms with Crippen LogP contribution in [0.2, 0.25) is 0 Å². The van der Waals surface area contributed by atoms with Gasteiger partial charge in [-0.2, -0.15) is 0 Å². The molecule has 0 aromatic rings. The van der Waals surface area contributed by atoms with Gasteiger partial charge in [-0.1, -0.05) is 45.8 Å². The number of epoxide rings is 1. The van der Waals surface area contributed by atoms with Gasteiger partial charge in [0.1, 0.15) is 12.6 Å². The molecule has 0 N–H and O–H groups in total. The van der Waals surface area contributed by atoms with E-state index in [1.807, 2.05) is 0 Å². The van der Waals surface area contributed by atoms with Crippen LogP contribution in [0.15, 0.2) is 12.2 Å². The van der Waals surface area contributed by atoms with Crippen LogP contribution >= 0.6 is 0 Å². The maximum atomic E-state index is 5.57. The minimum absolute atomic E-state index is 0.571. The van der Waals surface area contributed by atoms with Gasteiger partial charge in [-0.25, -0.2) is 0 Å². The monoisotopic (exact) mass is 310 g/mol. The summed E-state index contributed by atoms with van der Waals surface area (Å²) in [4.78, 5) is 0. The summed E-state index contributed by atoms with van der Waals surface area (Å²) in [6.07, 6.45) is 17.2. The molecule has 1 fully saturated rings. The Morgan fingerprint density at radius 2 is 1.50 bits per heavy atom. The molecule has 0 aliphatic carbocycles. The molecule has 0 radical (unpaired) electrons. The third-order valence-electron chi connectivity index (χ3n) is 4.87. The van der Waals surface area contributed by atoms with Crippen LogP contribution < -0.4 is 0 Å². The van der Waals surface area contributed by atoms with Crippen molar-refractivity contribution in [1.82, 2.24) is 0 Å². The highest BCUT2D eigenvalue weighted by Gasteiger charge is 2.35. The Balaban J connectivity index is 2.38. The quantitative estimate of drug-likeness (QED) is 0.172. The number of unbranched alkanes of at least 4 members (excludes halogenated alkanes) is 5. The smallest absolute Gasteiger partial charge is 0.130 e. The Morgan fingerprint density at radius 1 is 0.864 bits per heavy atom. The van der Waals surface area contributed by atoms with Gasteiger partial charge in [0, 0.05) is 0 Å². The first-order valence-corrected chi connectivity index (χ1v) is 9.88. The lowest BCUT2D eigenvalue weighted by atomic mass is 10.1. The highest BCUT2D eigenvalue weighted by molar-refractivity contribution is 4.79. The van der Waals surface area contributed by atoms with E-state index in [0.29, 0.717) is 6.10 Å². The molecule has 1 unspecified atom stereocenters. The summed E-state index contributed by atoms with van der Waals surface area (Å²) in [5.41, 5.74) is 0. The number of rotatable bonds is 15. The summed E-state index contributed by atoms with van der Waals surface area (Å²) in [7, 11) is 0. The van der Waals surface area contributed by atoms with Crippen LogP contribution in [-0.4, -0.2) is 43.4 Å². The number of allylic oxidation sites excluding steroid dienone is 2. The fourth-order valence-corrected chi connectivity index (χ4v) is 3.37. The molecule has 0 amide bonds. The summed E-state index contributed by atoms with van der Waals surface area (Å²) in [6.45, 7) is 13.2. The lowest BCUT2D eigenvalue weighted by Crippen LogP contribution is -2.52. The Kier molecular flexibility index (Phi) is 10.9. The molecular formula is C20H40NO+. The van der Waals surface area contributed by atoms with E-state index in [1.165, 1.54) is 88.4 Å². The summed E-state index contributed by atoms with van der Waals surface area (Å²) >= 11 is 0. The molecule has 1 aliphatic rings. The molecule has 1 aliphatic heterocycles. The molecule has 0 saturated carbocycles. The number of hydrogen-bond acceptors (Lipinski definition) is 1. The summed E-state index contributed by atoms with van der Waals surface area (Å²) in [5, 5.41) is 0. The molecule has 0 bridgehead atoms. The van der Waals surface area contributed by atoms with Crippen LogP contribution in [0.1, 0.15) is 78.6 Å². The minimum Gasteiger partial charge on any atom is -0.367 e. The van der Waals surface area contributed by atoms with E-state index in [-0.39, 0.29) is 0 Å². The predicted molar refractivity (Wildman–Crippen MR) is 97.2 cm³/mol. The number of ether oxygens (including phenoxy) is 1. The van der Waals surface area contributed by atoms with Gasteiger partial charge < -0.3 is 9.22 Å². The van der Waals surface area contributed by atoms with Crippen molar-refractivity contribution in [1.29, 1.82) is 0 Å². The first-order chi connectivity index (χ1) is 10.8. The van der Waals surface area contributed by atoms with Gasteiger partial charge in [0.2, 0.25) is 0 Å². The molecule has 22 heavy (non-hydrogen) atoms. The van der Waals surface area contributed by atoms with Crippen LogP contribution in [0, 0.1) is 0 Å². The van der Waals surface area contributed by atoms with E-state index < -0.39 is 0 Å². The highest BCUT2D eigenvalue weighted by atomic mass is 16.6. The number of nitrogens with zero attached hydrogens (tertiary/aromatic N) is 1. The van der Waals surface area contributed by atoms with Gasteiger partial charge in [-0.05, 0) is 44.9 Å². The summed E-state index contributed by atoms with van der Waals surface area (Å²) in [5.74, 6) is 0. The maximum absolute atomic E-state index is 5.57. The van der Waals surface area contributed by atoms with Gasteiger partial charge in [-0.3, -0.25) is 0 Å². The molecule has 1 heterocycles. The molecular weight excluding hydrogens is 270 g/mol. The molecule has 1 rings (SSSR count). The van der Waals surface area contributed by atoms with E-state index in [4.69, 9.17) is 4.74 Å². The van der Waals surface area contributed by atoms with Crippen LogP contribution in [0.4, 0.5) is 0 Å². The fourth-order valence-electron chi connectivity index (χ4n) is 3.37. The predicted octanol–water partition coefficient (Wildman–Crippen LogP) is 5.33. The van der Waals surface area contributed by atoms with Crippen LogP contribution in [0.25, 0.3) is 0 Å². The normalized spacial score (nSPS) is 18.2. The molecule has 2 nitrogen and oxygen atoms in total. The standard InChI is InChI=1S/C20H40NO/c1-4-7-10-11-12-13-14-17-21(15-8-5-2,16-9-6-3)18-20-19-22-20/h7,10,20H,4-6,8-9,11-19H2,1-3H3/q+1/b10-7+. The lowest BCUT2D eigenvalue weighted by Gasteiger charge is -2.39. The second-order valence-electron chi connectivity index (χ2n) is 7.09. The summed E-state index contributed by atoms with van der Waals surface area (Å²) in [6, 6.07) is 0. The zero-order valence-corrected chi connectivity index (χ0v) is 15.5. The molecule has 0 aromatic heterocycles. The van der Waals surface area contributed by atoms with Crippen molar-refractivity contribution in [3.8, 4) is 0 Å². The topological polar surface area (TPSA) is 12.5 Å². The third kappa shape index (κ3) is 8.95. The zero-order valence-electron chi connectivity index (χ0n) is 15.5. The summed E-state index contributed by atoms with van der Waals surface area (Å²) < 4.78 is 6.90. The van der Waals surface area contributed by atoms with Gasteiger partial charge in [0.15, 0.2) is 0 Å². The number of hydrogen-bond donors (Lipinski definition) is 0. The Hall–Kier alpha value is -0.340. The van der Waals surface area contributed by atoms with E-state index >= 15 is 0 Å². The molecule has 0 spiro atoms. The van der Waals surface area contributed by atoms with Crippen molar-refractivity contribution >= 4 is 0 Å². The second kappa shape index (κ2) is 12.1. The highest BCUT2D eigenvalue weighted by Crippen LogP contribution is 2.22. The third-order valence-corrected chi connectivity index (χ3v) is 4.87. The van der Waals surface area contributed by atoms with E-state index in [9.17, 15) is 0 Å². The molecule has 1 saturated heterocycles. The molecule has 1 atom stereocenters. The zero-order chi connectivity index (χ0) is 16.1. The molecule has 130 valence electrons. The Morgan fingerprint density at radius 3 is 2.05 bits per heavy atom. The lowest BCUT2D eigenvalue weighted by molar-refractivity contribution is -0.929. The van der Waals surface area contributed by atoms with Crippen molar-refractivity contribution in [3.05, 3.63) is 12.2 Å². The van der Waals surface area contributed by atoms with E-state index in [1.54, 1.807) is 0 Å². The Bertz CT molecular complexity index is 275. The fraction of sp³-hybridized carbons (Fsp3) is 0.900. The van der Waals surface area contributed by atoms with Crippen molar-refractivity contribution < 1.29 is 9.22 Å². The minimum atomic E-state index is 0.571. The van der Waals surface area contributed by atoms with Gasteiger partial charge in [0.25, 0.3) is 0 Å². The largest absolute Gasteiger partial charge is 0.367 e. The van der Waals surface area contributed by atoms with Crippen LogP contribution in [-0.2, 0) is 4.74 Å². The van der Waals surface area contributed by atoms with Gasteiger partial charge in [0.05, 0.1) is 26.2 Å². The van der Waals surface area contributed by atoms with Gasteiger partial charge >= 0.3 is 0 Å².